The van der Waals surface area contributed by atoms with Gasteiger partial charge in [-0.05, 0) is 31.4 Å². The molecule has 2 rings (SSSR count). The second-order valence-corrected chi connectivity index (χ2v) is 5.88. The largest absolute Gasteiger partial charge is 0.351 e. The summed E-state index contributed by atoms with van der Waals surface area (Å²) in [6.07, 6.45) is 3.44. The van der Waals surface area contributed by atoms with Gasteiger partial charge in [0.05, 0.1) is 4.88 Å². The summed E-state index contributed by atoms with van der Waals surface area (Å²) < 4.78 is 0. The number of carbonyl (C=O) groups is 2. The number of aryl methyl sites for hydroxylation is 1. The first-order valence-corrected chi connectivity index (χ1v) is 7.67. The molecule has 0 aliphatic carbocycles. The van der Waals surface area contributed by atoms with Crippen LogP contribution in [0.5, 0.6) is 0 Å². The average Bonchev–Trinajstić information content (AvgIpc) is 3.03. The highest BCUT2D eigenvalue weighted by Crippen LogP contribution is 2.16. The minimum atomic E-state index is -0.00236. The Hall–Kier alpha value is -1.36. The molecule has 1 aliphatic rings. The third-order valence-electron chi connectivity index (χ3n) is 3.30. The zero-order valence-electron chi connectivity index (χ0n) is 11.3. The predicted octanol–water partition coefficient (Wildman–Crippen LogP) is 2.05. The van der Waals surface area contributed by atoms with E-state index in [2.05, 4.69) is 12.2 Å². The first-order valence-electron chi connectivity index (χ1n) is 6.85. The number of amides is 2. The lowest BCUT2D eigenvalue weighted by Crippen LogP contribution is -2.30. The van der Waals surface area contributed by atoms with E-state index >= 15 is 0 Å². The van der Waals surface area contributed by atoms with Gasteiger partial charge in [-0.15, -0.1) is 11.3 Å². The van der Waals surface area contributed by atoms with Gasteiger partial charge in [0.25, 0.3) is 5.91 Å². The molecule has 1 aliphatic heterocycles. The van der Waals surface area contributed by atoms with Crippen LogP contribution in [0.25, 0.3) is 0 Å². The predicted molar refractivity (Wildman–Crippen MR) is 76.5 cm³/mol. The molecule has 0 spiro atoms. The van der Waals surface area contributed by atoms with Crippen molar-refractivity contribution in [2.45, 2.75) is 32.6 Å². The molecular weight excluding hydrogens is 260 g/mol. The molecule has 1 fully saturated rings. The van der Waals surface area contributed by atoms with Crippen LogP contribution in [0.4, 0.5) is 0 Å². The van der Waals surface area contributed by atoms with Crippen LogP contribution in [0.1, 0.15) is 40.7 Å². The molecule has 4 nitrogen and oxygen atoms in total. The zero-order chi connectivity index (χ0) is 13.7. The summed E-state index contributed by atoms with van der Waals surface area (Å²) in [6, 6.07) is 3.88. The minimum Gasteiger partial charge on any atom is -0.351 e. The Morgan fingerprint density at radius 3 is 2.95 bits per heavy atom. The van der Waals surface area contributed by atoms with Crippen molar-refractivity contribution in [1.82, 2.24) is 10.2 Å². The highest BCUT2D eigenvalue weighted by molar-refractivity contribution is 7.14. The van der Waals surface area contributed by atoms with Crippen molar-refractivity contribution < 1.29 is 9.59 Å². The number of likely N-dealkylation sites (tertiary alicyclic amines) is 1. The standard InChI is InChI=1S/C14H20N2O2S/c1-2-11-6-7-12(19-11)14(18)15-8-4-10-16-9-3-5-13(16)17/h6-7H,2-5,8-10H2,1H3,(H,15,18). The van der Waals surface area contributed by atoms with Gasteiger partial charge in [0.2, 0.25) is 5.91 Å². The summed E-state index contributed by atoms with van der Waals surface area (Å²) >= 11 is 1.55. The van der Waals surface area contributed by atoms with Crippen LogP contribution in [0.3, 0.4) is 0 Å². The fourth-order valence-corrected chi connectivity index (χ4v) is 3.05. The minimum absolute atomic E-state index is 0.00236. The first kappa shape index (κ1) is 14.1. The summed E-state index contributed by atoms with van der Waals surface area (Å²) in [6.45, 7) is 4.34. The van der Waals surface area contributed by atoms with Crippen LogP contribution in [-0.2, 0) is 11.2 Å². The van der Waals surface area contributed by atoms with E-state index in [0.717, 1.165) is 37.2 Å². The van der Waals surface area contributed by atoms with E-state index < -0.39 is 0 Å². The van der Waals surface area contributed by atoms with Crippen LogP contribution < -0.4 is 5.32 Å². The Morgan fingerprint density at radius 1 is 1.47 bits per heavy atom. The lowest BCUT2D eigenvalue weighted by atomic mass is 10.3. The maximum absolute atomic E-state index is 11.9. The number of carbonyl (C=O) groups excluding carboxylic acids is 2. The van der Waals surface area contributed by atoms with E-state index in [0.29, 0.717) is 13.0 Å². The molecule has 0 radical (unpaired) electrons. The molecule has 0 aromatic carbocycles. The van der Waals surface area contributed by atoms with E-state index in [1.807, 2.05) is 17.0 Å². The van der Waals surface area contributed by atoms with Gasteiger partial charge in [0.1, 0.15) is 0 Å². The van der Waals surface area contributed by atoms with Gasteiger partial charge in [-0.25, -0.2) is 0 Å². The van der Waals surface area contributed by atoms with E-state index in [9.17, 15) is 9.59 Å². The van der Waals surface area contributed by atoms with Gasteiger partial charge in [-0.3, -0.25) is 9.59 Å². The second-order valence-electron chi connectivity index (χ2n) is 4.71. The molecule has 5 heteroatoms. The van der Waals surface area contributed by atoms with Crippen molar-refractivity contribution in [3.63, 3.8) is 0 Å². The average molecular weight is 280 g/mol. The summed E-state index contributed by atoms with van der Waals surface area (Å²) in [4.78, 5) is 27.1. The smallest absolute Gasteiger partial charge is 0.261 e. The number of nitrogens with one attached hydrogen (secondary N) is 1. The van der Waals surface area contributed by atoms with Crippen LogP contribution in [-0.4, -0.2) is 36.3 Å². The lowest BCUT2D eigenvalue weighted by molar-refractivity contribution is -0.127. The van der Waals surface area contributed by atoms with Crippen LogP contribution in [0.15, 0.2) is 12.1 Å². The fraction of sp³-hybridized carbons (Fsp3) is 0.571. The van der Waals surface area contributed by atoms with Gasteiger partial charge in [0, 0.05) is 30.9 Å². The SMILES string of the molecule is CCc1ccc(C(=O)NCCCN2CCCC2=O)s1. The van der Waals surface area contributed by atoms with Crippen molar-refractivity contribution in [3.05, 3.63) is 21.9 Å². The maximum Gasteiger partial charge on any atom is 0.261 e. The number of hydrogen-bond donors (Lipinski definition) is 1. The summed E-state index contributed by atoms with van der Waals surface area (Å²) in [7, 11) is 0. The van der Waals surface area contributed by atoms with Crippen molar-refractivity contribution in [1.29, 1.82) is 0 Å². The highest BCUT2D eigenvalue weighted by atomic mass is 32.1. The fourth-order valence-electron chi connectivity index (χ4n) is 2.19. The summed E-state index contributed by atoms with van der Waals surface area (Å²) in [5.41, 5.74) is 0. The second kappa shape index (κ2) is 6.70. The Bertz CT molecular complexity index is 456. The van der Waals surface area contributed by atoms with Crippen molar-refractivity contribution in [3.8, 4) is 0 Å². The van der Waals surface area contributed by atoms with Crippen LogP contribution >= 0.6 is 11.3 Å². The van der Waals surface area contributed by atoms with Crippen molar-refractivity contribution in [2.75, 3.05) is 19.6 Å². The van der Waals surface area contributed by atoms with Gasteiger partial charge in [-0.2, -0.15) is 0 Å². The Kier molecular flexibility index (Phi) is 4.96. The topological polar surface area (TPSA) is 49.4 Å². The molecular formula is C14H20N2O2S. The lowest BCUT2D eigenvalue weighted by Gasteiger charge is -2.15. The Labute approximate surface area is 117 Å². The van der Waals surface area contributed by atoms with E-state index in [4.69, 9.17) is 0 Å². The molecule has 2 heterocycles. The number of hydrogen-bond acceptors (Lipinski definition) is 3. The zero-order valence-corrected chi connectivity index (χ0v) is 12.1. The highest BCUT2D eigenvalue weighted by Gasteiger charge is 2.19. The molecule has 1 saturated heterocycles. The van der Waals surface area contributed by atoms with Gasteiger partial charge in [-0.1, -0.05) is 6.92 Å². The van der Waals surface area contributed by atoms with Gasteiger partial charge in [0.15, 0.2) is 0 Å². The molecule has 0 atom stereocenters. The maximum atomic E-state index is 11.9. The summed E-state index contributed by atoms with van der Waals surface area (Å²) in [5, 5.41) is 2.91. The normalized spacial score (nSPS) is 15.0. The van der Waals surface area contributed by atoms with Gasteiger partial charge < -0.3 is 10.2 Å². The molecule has 0 unspecified atom stereocenters. The molecule has 1 aromatic heterocycles. The third-order valence-corrected chi connectivity index (χ3v) is 4.52. The van der Waals surface area contributed by atoms with E-state index in [1.165, 1.54) is 4.88 Å². The van der Waals surface area contributed by atoms with E-state index in [-0.39, 0.29) is 11.8 Å². The van der Waals surface area contributed by atoms with Crippen molar-refractivity contribution >= 4 is 23.2 Å². The molecule has 1 aromatic rings. The molecule has 1 N–H and O–H groups in total. The molecule has 19 heavy (non-hydrogen) atoms. The molecule has 2 amide bonds. The molecule has 0 saturated carbocycles. The number of nitrogens with zero attached hydrogens (tertiary/aromatic N) is 1. The number of thiophene rings is 1. The molecule has 0 bridgehead atoms. The molecule has 104 valence electrons. The van der Waals surface area contributed by atoms with Crippen LogP contribution in [0.2, 0.25) is 0 Å². The quantitative estimate of drug-likeness (QED) is 0.811. The Balaban J connectivity index is 1.67. The monoisotopic (exact) mass is 280 g/mol. The third kappa shape index (κ3) is 3.80. The summed E-state index contributed by atoms with van der Waals surface area (Å²) in [5.74, 6) is 0.245. The first-order chi connectivity index (χ1) is 9.20. The van der Waals surface area contributed by atoms with E-state index in [1.54, 1.807) is 11.3 Å². The van der Waals surface area contributed by atoms with Crippen LogP contribution in [0, 0.1) is 0 Å². The van der Waals surface area contributed by atoms with Crippen molar-refractivity contribution in [2.24, 2.45) is 0 Å². The van der Waals surface area contributed by atoms with Gasteiger partial charge >= 0.3 is 0 Å². The number of rotatable bonds is 6. The Morgan fingerprint density at radius 2 is 2.32 bits per heavy atom.